The SMILES string of the molecule is COc1nc(N2CCc3[nH]cnc3[C@@H]2c2cc3c(C)cccn3n2)cnc1C#N. The molecule has 0 bridgehead atoms. The second-order valence-electron chi connectivity index (χ2n) is 6.90. The van der Waals surface area contributed by atoms with E-state index in [0.29, 0.717) is 12.4 Å². The van der Waals surface area contributed by atoms with Crippen LogP contribution in [0.5, 0.6) is 5.88 Å². The van der Waals surface area contributed by atoms with Gasteiger partial charge in [-0.3, -0.25) is 0 Å². The second-order valence-corrected chi connectivity index (χ2v) is 6.90. The minimum absolute atomic E-state index is 0.161. The molecule has 5 heterocycles. The van der Waals surface area contributed by atoms with E-state index < -0.39 is 0 Å². The van der Waals surface area contributed by atoms with Gasteiger partial charge in [0.2, 0.25) is 5.69 Å². The number of pyridine rings is 1. The number of rotatable bonds is 3. The maximum Gasteiger partial charge on any atom is 0.252 e. The summed E-state index contributed by atoms with van der Waals surface area (Å²) in [6.45, 7) is 2.77. The molecule has 1 N–H and O–H groups in total. The minimum atomic E-state index is -0.226. The van der Waals surface area contributed by atoms with E-state index in [-0.39, 0.29) is 17.6 Å². The number of aromatic amines is 1. The number of ether oxygens (including phenoxy) is 1. The summed E-state index contributed by atoms with van der Waals surface area (Å²) in [6, 6.07) is 7.91. The molecule has 4 aromatic rings. The quantitative estimate of drug-likeness (QED) is 0.575. The predicted octanol–water partition coefficient (Wildman–Crippen LogP) is 2.19. The van der Waals surface area contributed by atoms with Crippen LogP contribution in [0, 0.1) is 18.3 Å². The molecule has 9 nitrogen and oxygen atoms in total. The number of hydrogen-bond donors (Lipinski definition) is 1. The summed E-state index contributed by atoms with van der Waals surface area (Å²) in [6.07, 6.45) is 6.05. The third-order valence-corrected chi connectivity index (χ3v) is 5.26. The molecule has 0 saturated carbocycles. The van der Waals surface area contributed by atoms with Crippen molar-refractivity contribution in [2.45, 2.75) is 19.4 Å². The van der Waals surface area contributed by atoms with E-state index >= 15 is 0 Å². The standard InChI is InChI=1S/C20H18N8O/c1-12-4-3-6-28-16(12)8-14(26-28)19-18-13(23-11-24-18)5-7-27(19)17-10-22-15(9-21)20(25-17)29-2/h3-4,6,8,10-11,19H,5,7H2,1-2H3,(H,23,24)/t19-/m0/s1. The van der Waals surface area contributed by atoms with Crippen molar-refractivity contribution in [1.82, 2.24) is 29.5 Å². The summed E-state index contributed by atoms with van der Waals surface area (Å²) in [7, 11) is 1.49. The molecule has 5 rings (SSSR count). The Morgan fingerprint density at radius 2 is 2.24 bits per heavy atom. The van der Waals surface area contributed by atoms with Gasteiger partial charge in [0, 0.05) is 24.9 Å². The highest BCUT2D eigenvalue weighted by molar-refractivity contribution is 5.58. The lowest BCUT2D eigenvalue weighted by Gasteiger charge is -2.34. The summed E-state index contributed by atoms with van der Waals surface area (Å²) in [5, 5.41) is 14.0. The average molecular weight is 386 g/mol. The van der Waals surface area contributed by atoms with Gasteiger partial charge in [-0.05, 0) is 24.6 Å². The first-order valence-electron chi connectivity index (χ1n) is 9.24. The molecular weight excluding hydrogens is 368 g/mol. The zero-order valence-corrected chi connectivity index (χ0v) is 16.0. The maximum atomic E-state index is 9.22. The minimum Gasteiger partial charge on any atom is -0.479 e. The number of aryl methyl sites for hydroxylation is 1. The van der Waals surface area contributed by atoms with Gasteiger partial charge in [-0.2, -0.15) is 15.3 Å². The highest BCUT2D eigenvalue weighted by Crippen LogP contribution is 2.36. The van der Waals surface area contributed by atoms with Crippen LogP contribution < -0.4 is 9.64 Å². The number of imidazole rings is 1. The lowest BCUT2D eigenvalue weighted by molar-refractivity contribution is 0.393. The van der Waals surface area contributed by atoms with Gasteiger partial charge in [0.25, 0.3) is 5.88 Å². The third-order valence-electron chi connectivity index (χ3n) is 5.26. The molecule has 1 aliphatic rings. The van der Waals surface area contributed by atoms with Gasteiger partial charge in [-0.1, -0.05) is 6.07 Å². The Morgan fingerprint density at radius 1 is 1.34 bits per heavy atom. The first-order chi connectivity index (χ1) is 14.2. The van der Waals surface area contributed by atoms with Gasteiger partial charge < -0.3 is 14.6 Å². The molecular formula is C20H18N8O. The third kappa shape index (κ3) is 2.69. The fourth-order valence-electron chi connectivity index (χ4n) is 3.85. The Morgan fingerprint density at radius 3 is 3.03 bits per heavy atom. The fraction of sp³-hybridized carbons (Fsp3) is 0.250. The van der Waals surface area contributed by atoms with Crippen LogP contribution in [-0.2, 0) is 6.42 Å². The van der Waals surface area contributed by atoms with Crippen LogP contribution in [0.4, 0.5) is 5.82 Å². The molecule has 0 fully saturated rings. The van der Waals surface area contributed by atoms with Crippen molar-refractivity contribution in [2.24, 2.45) is 0 Å². The summed E-state index contributed by atoms with van der Waals surface area (Å²) < 4.78 is 7.15. The van der Waals surface area contributed by atoms with Gasteiger partial charge >= 0.3 is 0 Å². The van der Waals surface area contributed by atoms with Crippen LogP contribution in [0.1, 0.15) is 34.4 Å². The number of H-pyrrole nitrogens is 1. The van der Waals surface area contributed by atoms with Crippen LogP contribution in [0.3, 0.4) is 0 Å². The normalized spacial score (nSPS) is 15.9. The molecule has 4 aromatic heterocycles. The van der Waals surface area contributed by atoms with Crippen molar-refractivity contribution in [1.29, 1.82) is 5.26 Å². The van der Waals surface area contributed by atoms with Crippen LogP contribution in [-0.4, -0.2) is 43.2 Å². The van der Waals surface area contributed by atoms with Crippen molar-refractivity contribution in [3.05, 3.63) is 65.3 Å². The number of nitrogens with one attached hydrogen (secondary N) is 1. The molecule has 1 aliphatic heterocycles. The number of hydrogen-bond acceptors (Lipinski definition) is 7. The molecule has 144 valence electrons. The second kappa shape index (κ2) is 6.60. The molecule has 0 radical (unpaired) electrons. The molecule has 0 aromatic carbocycles. The van der Waals surface area contributed by atoms with Gasteiger partial charge in [0.1, 0.15) is 12.1 Å². The highest BCUT2D eigenvalue weighted by Gasteiger charge is 2.34. The Hall–Kier alpha value is -3.93. The largest absolute Gasteiger partial charge is 0.479 e. The molecule has 0 unspecified atom stereocenters. The lowest BCUT2D eigenvalue weighted by atomic mass is 9.99. The number of anilines is 1. The van der Waals surface area contributed by atoms with E-state index in [4.69, 9.17) is 9.84 Å². The molecule has 0 saturated heterocycles. The molecule has 0 amide bonds. The number of aromatic nitrogens is 6. The van der Waals surface area contributed by atoms with E-state index in [2.05, 4.69) is 43.9 Å². The number of fused-ring (bicyclic) bond motifs is 2. The average Bonchev–Trinajstić information content (AvgIpc) is 3.40. The summed E-state index contributed by atoms with van der Waals surface area (Å²) in [5.41, 5.74) is 5.24. The number of nitrogens with zero attached hydrogens (tertiary/aromatic N) is 7. The van der Waals surface area contributed by atoms with Crippen molar-refractivity contribution in [3.63, 3.8) is 0 Å². The van der Waals surface area contributed by atoms with Gasteiger partial charge in [-0.15, -0.1) is 0 Å². The molecule has 9 heteroatoms. The zero-order chi connectivity index (χ0) is 20.0. The zero-order valence-electron chi connectivity index (χ0n) is 16.0. The molecule has 29 heavy (non-hydrogen) atoms. The van der Waals surface area contributed by atoms with E-state index in [0.717, 1.165) is 34.6 Å². The van der Waals surface area contributed by atoms with E-state index in [1.54, 1.807) is 12.5 Å². The van der Waals surface area contributed by atoms with Crippen molar-refractivity contribution < 1.29 is 4.74 Å². The van der Waals surface area contributed by atoms with Crippen LogP contribution in [0.2, 0.25) is 0 Å². The topological polar surface area (TPSA) is 108 Å². The van der Waals surface area contributed by atoms with Crippen LogP contribution in [0.25, 0.3) is 5.52 Å². The Bertz CT molecular complexity index is 1250. The van der Waals surface area contributed by atoms with Crippen LogP contribution in [0.15, 0.2) is 36.9 Å². The molecule has 0 aliphatic carbocycles. The Kier molecular flexibility index (Phi) is 3.91. The monoisotopic (exact) mass is 386 g/mol. The number of nitriles is 1. The Balaban J connectivity index is 1.67. The van der Waals surface area contributed by atoms with Crippen molar-refractivity contribution in [2.75, 3.05) is 18.6 Å². The summed E-state index contributed by atoms with van der Waals surface area (Å²) in [5.74, 6) is 0.829. The molecule has 0 spiro atoms. The van der Waals surface area contributed by atoms with Crippen LogP contribution >= 0.6 is 0 Å². The summed E-state index contributed by atoms with van der Waals surface area (Å²) in [4.78, 5) is 18.7. The Labute approximate surface area is 166 Å². The smallest absolute Gasteiger partial charge is 0.252 e. The summed E-state index contributed by atoms with van der Waals surface area (Å²) >= 11 is 0. The first kappa shape index (κ1) is 17.2. The fourth-order valence-corrected chi connectivity index (χ4v) is 3.85. The lowest BCUT2D eigenvalue weighted by Crippen LogP contribution is -2.37. The van der Waals surface area contributed by atoms with E-state index in [1.807, 2.05) is 22.8 Å². The molecule has 1 atom stereocenters. The van der Waals surface area contributed by atoms with Crippen molar-refractivity contribution in [3.8, 4) is 11.9 Å². The van der Waals surface area contributed by atoms with E-state index in [9.17, 15) is 5.26 Å². The van der Waals surface area contributed by atoms with E-state index in [1.165, 1.54) is 7.11 Å². The van der Waals surface area contributed by atoms with Gasteiger partial charge in [-0.25, -0.2) is 14.5 Å². The van der Waals surface area contributed by atoms with Gasteiger partial charge in [0.15, 0.2) is 5.82 Å². The maximum absolute atomic E-state index is 9.22. The number of methoxy groups -OCH3 is 1. The predicted molar refractivity (Wildman–Crippen MR) is 105 cm³/mol. The van der Waals surface area contributed by atoms with Crippen molar-refractivity contribution >= 4 is 11.3 Å². The van der Waals surface area contributed by atoms with Gasteiger partial charge in [0.05, 0.1) is 36.5 Å². The highest BCUT2D eigenvalue weighted by atomic mass is 16.5. The first-order valence-corrected chi connectivity index (χ1v) is 9.24.